The fourth-order valence-electron chi connectivity index (χ4n) is 6.24. The topological polar surface area (TPSA) is 34.1 Å². The average molecular weight is 434 g/mol. The standard InChI is InChI=1S/C32H18O2/c33-31-29-25-13-21-9-17-5-1-2-6-18(17)10-22(21)14-26(25)30(32(31)34)28-16-24-12-20-8-4-3-7-19(20)11-23(24)15-27(28)29/h1-16,29-30H. The molecule has 0 spiro atoms. The number of carbonyl (C=O) groups excluding carboxylic acids is 2. The van der Waals surface area contributed by atoms with Gasteiger partial charge in [-0.15, -0.1) is 0 Å². The monoisotopic (exact) mass is 434 g/mol. The summed E-state index contributed by atoms with van der Waals surface area (Å²) in [4.78, 5) is 26.5. The van der Waals surface area contributed by atoms with E-state index in [1.165, 1.54) is 21.5 Å². The predicted molar refractivity (Wildman–Crippen MR) is 137 cm³/mol. The Balaban J connectivity index is 1.43. The lowest BCUT2D eigenvalue weighted by Gasteiger charge is -2.38. The Hall–Kier alpha value is -4.30. The highest BCUT2D eigenvalue weighted by Crippen LogP contribution is 2.51. The normalized spacial score (nSPS) is 18.7. The number of Topliss-reactive ketones (excluding diaryl/α,β-unsaturated/α-hetero) is 2. The Bertz CT molecular complexity index is 1650. The summed E-state index contributed by atoms with van der Waals surface area (Å²) in [5.41, 5.74) is 3.96. The van der Waals surface area contributed by atoms with Gasteiger partial charge in [0, 0.05) is 0 Å². The molecule has 6 aromatic carbocycles. The van der Waals surface area contributed by atoms with E-state index in [4.69, 9.17) is 0 Å². The maximum absolute atomic E-state index is 13.3. The molecular formula is C32H18O2. The molecule has 0 amide bonds. The Morgan fingerprint density at radius 1 is 0.353 bits per heavy atom. The van der Waals surface area contributed by atoms with Crippen LogP contribution in [0.3, 0.4) is 0 Å². The molecule has 0 atom stereocenters. The van der Waals surface area contributed by atoms with Crippen molar-refractivity contribution in [3.8, 4) is 0 Å². The molecule has 0 heterocycles. The molecule has 6 aromatic rings. The summed E-state index contributed by atoms with van der Waals surface area (Å²) in [5, 5.41) is 9.15. The summed E-state index contributed by atoms with van der Waals surface area (Å²) in [7, 11) is 0. The van der Waals surface area contributed by atoms with E-state index < -0.39 is 11.8 Å². The van der Waals surface area contributed by atoms with Crippen molar-refractivity contribution in [1.82, 2.24) is 0 Å². The van der Waals surface area contributed by atoms with Gasteiger partial charge in [-0.3, -0.25) is 9.59 Å². The maximum atomic E-state index is 13.3. The van der Waals surface area contributed by atoms with Crippen LogP contribution in [0.1, 0.15) is 34.1 Å². The Morgan fingerprint density at radius 2 is 0.618 bits per heavy atom. The van der Waals surface area contributed by atoms with Crippen LogP contribution in [0.5, 0.6) is 0 Å². The molecule has 0 radical (unpaired) electrons. The van der Waals surface area contributed by atoms with Crippen molar-refractivity contribution in [2.75, 3.05) is 0 Å². The van der Waals surface area contributed by atoms with Crippen LogP contribution in [0.25, 0.3) is 43.1 Å². The predicted octanol–water partition coefficient (Wildman–Crippen LogP) is 7.03. The summed E-state index contributed by atoms with van der Waals surface area (Å²) in [6.45, 7) is 0. The molecule has 2 bridgehead atoms. The second-order valence-corrected chi connectivity index (χ2v) is 9.65. The molecule has 0 saturated carbocycles. The summed E-state index contributed by atoms with van der Waals surface area (Å²) < 4.78 is 0. The van der Waals surface area contributed by atoms with Gasteiger partial charge in [0.2, 0.25) is 11.6 Å². The van der Waals surface area contributed by atoms with Gasteiger partial charge in [0.05, 0.1) is 11.8 Å². The average Bonchev–Trinajstić information content (AvgIpc) is 2.85. The zero-order valence-electron chi connectivity index (χ0n) is 18.2. The fraction of sp³-hybridized carbons (Fsp3) is 0.0625. The number of fused-ring (bicyclic) bond motifs is 5. The van der Waals surface area contributed by atoms with Crippen molar-refractivity contribution in [2.24, 2.45) is 0 Å². The number of hydrogen-bond acceptors (Lipinski definition) is 2. The quantitative estimate of drug-likeness (QED) is 0.190. The first-order valence-electron chi connectivity index (χ1n) is 11.7. The van der Waals surface area contributed by atoms with E-state index in [0.29, 0.717) is 0 Å². The van der Waals surface area contributed by atoms with Crippen molar-refractivity contribution < 1.29 is 9.59 Å². The van der Waals surface area contributed by atoms with Gasteiger partial charge in [-0.2, -0.15) is 0 Å². The van der Waals surface area contributed by atoms with Crippen molar-refractivity contribution >= 4 is 54.7 Å². The van der Waals surface area contributed by atoms with E-state index in [0.717, 1.165) is 43.8 Å². The molecule has 0 saturated heterocycles. The maximum Gasteiger partial charge on any atom is 0.211 e. The number of carbonyl (C=O) groups is 2. The van der Waals surface area contributed by atoms with E-state index in [1.54, 1.807) is 0 Å². The van der Waals surface area contributed by atoms with Crippen molar-refractivity contribution in [3.63, 3.8) is 0 Å². The molecule has 9 rings (SSSR count). The van der Waals surface area contributed by atoms with Gasteiger partial charge < -0.3 is 0 Å². The zero-order chi connectivity index (χ0) is 22.6. The third-order valence-corrected chi connectivity index (χ3v) is 7.82. The second kappa shape index (κ2) is 6.18. The lowest BCUT2D eigenvalue weighted by molar-refractivity contribution is -0.138. The van der Waals surface area contributed by atoms with Crippen LogP contribution in [0.4, 0.5) is 0 Å². The van der Waals surface area contributed by atoms with Crippen LogP contribution in [-0.2, 0) is 9.59 Å². The van der Waals surface area contributed by atoms with Crippen LogP contribution in [0, 0.1) is 0 Å². The molecule has 3 aliphatic rings. The van der Waals surface area contributed by atoms with Gasteiger partial charge in [0.15, 0.2) is 0 Å². The smallest absolute Gasteiger partial charge is 0.211 e. The highest BCUT2D eigenvalue weighted by molar-refractivity contribution is 6.45. The van der Waals surface area contributed by atoms with Crippen LogP contribution < -0.4 is 0 Å². The van der Waals surface area contributed by atoms with Crippen LogP contribution in [-0.4, -0.2) is 11.6 Å². The van der Waals surface area contributed by atoms with Crippen LogP contribution >= 0.6 is 0 Å². The largest absolute Gasteiger partial charge is 0.290 e. The third-order valence-electron chi connectivity index (χ3n) is 7.82. The fourth-order valence-corrected chi connectivity index (χ4v) is 6.24. The van der Waals surface area contributed by atoms with E-state index >= 15 is 0 Å². The van der Waals surface area contributed by atoms with Crippen molar-refractivity contribution in [3.05, 3.63) is 119 Å². The molecule has 0 aromatic heterocycles. The molecule has 2 nitrogen and oxygen atoms in total. The minimum Gasteiger partial charge on any atom is -0.290 e. The highest BCUT2D eigenvalue weighted by Gasteiger charge is 2.49. The summed E-state index contributed by atoms with van der Waals surface area (Å²) >= 11 is 0. The van der Waals surface area contributed by atoms with E-state index in [-0.39, 0.29) is 11.6 Å². The highest BCUT2D eigenvalue weighted by atomic mass is 16.2. The number of hydrogen-bond donors (Lipinski definition) is 0. The number of benzene rings is 6. The van der Waals surface area contributed by atoms with Gasteiger partial charge in [-0.05, 0) is 114 Å². The van der Waals surface area contributed by atoms with E-state index in [1.807, 2.05) is 24.3 Å². The molecule has 2 heteroatoms. The van der Waals surface area contributed by atoms with Crippen LogP contribution in [0.2, 0.25) is 0 Å². The van der Waals surface area contributed by atoms with Gasteiger partial charge in [0.1, 0.15) is 0 Å². The molecular weight excluding hydrogens is 416 g/mol. The molecule has 0 aliphatic heterocycles. The number of ketones is 2. The van der Waals surface area contributed by atoms with E-state index in [2.05, 4.69) is 72.8 Å². The Morgan fingerprint density at radius 3 is 0.882 bits per heavy atom. The van der Waals surface area contributed by atoms with Gasteiger partial charge in [0.25, 0.3) is 0 Å². The third kappa shape index (κ3) is 2.25. The van der Waals surface area contributed by atoms with Gasteiger partial charge >= 0.3 is 0 Å². The van der Waals surface area contributed by atoms with Crippen molar-refractivity contribution in [2.45, 2.75) is 11.8 Å². The second-order valence-electron chi connectivity index (χ2n) is 9.65. The molecule has 34 heavy (non-hydrogen) atoms. The van der Waals surface area contributed by atoms with Gasteiger partial charge in [-0.1, -0.05) is 48.5 Å². The summed E-state index contributed by atoms with van der Waals surface area (Å²) in [6, 6.07) is 34.0. The molecule has 0 N–H and O–H groups in total. The minimum atomic E-state index is -0.519. The first kappa shape index (κ1) is 18.2. The molecule has 0 unspecified atom stereocenters. The Labute approximate surface area is 195 Å². The van der Waals surface area contributed by atoms with Crippen molar-refractivity contribution in [1.29, 1.82) is 0 Å². The van der Waals surface area contributed by atoms with Gasteiger partial charge in [-0.25, -0.2) is 0 Å². The first-order valence-corrected chi connectivity index (χ1v) is 11.7. The Kier molecular flexibility index (Phi) is 3.30. The first-order chi connectivity index (χ1) is 16.7. The SMILES string of the molecule is O=C1C(=O)C2c3cc4cc5ccccc5cc4cc3C1c1cc3cc4ccccc4cc3cc12. The molecule has 3 aliphatic carbocycles. The summed E-state index contributed by atoms with van der Waals surface area (Å²) in [5.74, 6) is -1.58. The molecule has 158 valence electrons. The molecule has 0 fully saturated rings. The lowest BCUT2D eigenvalue weighted by atomic mass is 9.62. The lowest BCUT2D eigenvalue weighted by Crippen LogP contribution is -2.40. The number of rotatable bonds is 0. The minimum absolute atomic E-state index is 0.273. The zero-order valence-corrected chi connectivity index (χ0v) is 18.2. The van der Waals surface area contributed by atoms with Crippen LogP contribution in [0.15, 0.2) is 97.1 Å². The van der Waals surface area contributed by atoms with E-state index in [9.17, 15) is 9.59 Å². The summed E-state index contributed by atoms with van der Waals surface area (Å²) in [6.07, 6.45) is 0.